The fourth-order valence-corrected chi connectivity index (χ4v) is 3.33. The predicted octanol–water partition coefficient (Wildman–Crippen LogP) is 2.59. The molecule has 9 heteroatoms. The third-order valence-electron chi connectivity index (χ3n) is 3.84. The molecular weight excluding hydrogens is 359 g/mol. The van der Waals surface area contributed by atoms with Crippen LogP contribution in [0.1, 0.15) is 28.8 Å². The SMILES string of the molecule is CN=CC(C(=O)c1ccc(C(F)(F)F)cc1S(C)(=O)=O)C(=O)C1CC1. The van der Waals surface area contributed by atoms with Crippen molar-refractivity contribution < 1.29 is 31.2 Å². The Morgan fingerprint density at radius 2 is 1.88 bits per heavy atom. The third-order valence-corrected chi connectivity index (χ3v) is 4.98. The lowest BCUT2D eigenvalue weighted by atomic mass is 9.91. The summed E-state index contributed by atoms with van der Waals surface area (Å²) in [6.07, 6.45) is -1.68. The summed E-state index contributed by atoms with van der Waals surface area (Å²) in [7, 11) is -2.76. The van der Waals surface area contributed by atoms with Gasteiger partial charge in [-0.15, -0.1) is 0 Å². The van der Waals surface area contributed by atoms with Crippen LogP contribution in [0.2, 0.25) is 0 Å². The van der Waals surface area contributed by atoms with Crippen molar-refractivity contribution in [1.82, 2.24) is 0 Å². The van der Waals surface area contributed by atoms with Crippen molar-refractivity contribution in [1.29, 1.82) is 0 Å². The minimum atomic E-state index is -4.75. The number of rotatable bonds is 6. The summed E-state index contributed by atoms with van der Waals surface area (Å²) in [5.74, 6) is -2.84. The summed E-state index contributed by atoms with van der Waals surface area (Å²) in [4.78, 5) is 27.9. The molecule has 0 amide bonds. The molecule has 25 heavy (non-hydrogen) atoms. The zero-order valence-corrected chi connectivity index (χ0v) is 14.3. The second kappa shape index (κ2) is 6.70. The molecule has 1 aromatic rings. The summed E-state index contributed by atoms with van der Waals surface area (Å²) in [6.45, 7) is 0. The standard InChI is InChI=1S/C16H16F3NO4S/c1-20-8-12(14(21)9-3-4-9)15(22)11-6-5-10(16(17,18)19)7-13(11)25(2,23)24/h5-9,12H,3-4H2,1-2H3. The van der Waals surface area contributed by atoms with Crippen molar-refractivity contribution >= 4 is 27.6 Å². The molecule has 0 aromatic heterocycles. The molecule has 1 aromatic carbocycles. The average molecular weight is 375 g/mol. The Morgan fingerprint density at radius 1 is 1.28 bits per heavy atom. The zero-order chi connectivity index (χ0) is 19.0. The highest BCUT2D eigenvalue weighted by molar-refractivity contribution is 7.90. The number of carbonyl (C=O) groups excluding carboxylic acids is 2. The van der Waals surface area contributed by atoms with Gasteiger partial charge in [-0.2, -0.15) is 13.2 Å². The Morgan fingerprint density at radius 3 is 2.32 bits per heavy atom. The highest BCUT2D eigenvalue weighted by Crippen LogP contribution is 2.35. The zero-order valence-electron chi connectivity index (χ0n) is 13.5. The largest absolute Gasteiger partial charge is 0.416 e. The van der Waals surface area contributed by atoms with Crippen LogP contribution in [0.15, 0.2) is 28.1 Å². The Balaban J connectivity index is 2.56. The average Bonchev–Trinajstić information content (AvgIpc) is 3.33. The number of hydrogen-bond acceptors (Lipinski definition) is 5. The van der Waals surface area contributed by atoms with Gasteiger partial charge in [0, 0.05) is 31.0 Å². The van der Waals surface area contributed by atoms with Crippen molar-refractivity contribution in [2.24, 2.45) is 16.8 Å². The van der Waals surface area contributed by atoms with Gasteiger partial charge in [0.15, 0.2) is 21.4 Å². The van der Waals surface area contributed by atoms with Crippen molar-refractivity contribution in [2.75, 3.05) is 13.3 Å². The van der Waals surface area contributed by atoms with Crippen LogP contribution in [0.5, 0.6) is 0 Å². The van der Waals surface area contributed by atoms with Gasteiger partial charge in [0.05, 0.1) is 10.5 Å². The van der Waals surface area contributed by atoms with Gasteiger partial charge < -0.3 is 0 Å². The molecule has 0 radical (unpaired) electrons. The number of aliphatic imine (C=N–C) groups is 1. The number of benzene rings is 1. The first kappa shape index (κ1) is 19.3. The van der Waals surface area contributed by atoms with Crippen LogP contribution < -0.4 is 0 Å². The molecule has 1 aliphatic rings. The normalized spacial score (nSPS) is 16.8. The van der Waals surface area contributed by atoms with E-state index in [4.69, 9.17) is 0 Å². The van der Waals surface area contributed by atoms with Crippen molar-refractivity contribution in [3.8, 4) is 0 Å². The summed E-state index contributed by atoms with van der Waals surface area (Å²) >= 11 is 0. The van der Waals surface area contributed by atoms with Crippen LogP contribution in [-0.2, 0) is 20.8 Å². The number of sulfone groups is 1. The lowest BCUT2D eigenvalue weighted by molar-refractivity contribution is -0.137. The molecule has 1 fully saturated rings. The van der Waals surface area contributed by atoms with E-state index in [2.05, 4.69) is 4.99 Å². The van der Waals surface area contributed by atoms with Crippen LogP contribution in [-0.4, -0.2) is 39.5 Å². The van der Waals surface area contributed by atoms with E-state index in [9.17, 15) is 31.2 Å². The quantitative estimate of drug-likeness (QED) is 0.435. The van der Waals surface area contributed by atoms with Crippen molar-refractivity contribution in [3.05, 3.63) is 29.3 Å². The fourth-order valence-electron chi connectivity index (χ4n) is 2.42. The summed E-state index contributed by atoms with van der Waals surface area (Å²) in [5, 5.41) is 0. The molecule has 1 saturated carbocycles. The second-order valence-corrected chi connectivity index (χ2v) is 7.89. The molecule has 0 heterocycles. The van der Waals surface area contributed by atoms with Crippen molar-refractivity contribution in [3.63, 3.8) is 0 Å². The van der Waals surface area contributed by atoms with E-state index in [1.807, 2.05) is 0 Å². The molecule has 136 valence electrons. The third kappa shape index (κ3) is 4.33. The molecule has 1 aliphatic carbocycles. The highest BCUT2D eigenvalue weighted by Gasteiger charge is 2.39. The topological polar surface area (TPSA) is 80.6 Å². The lowest BCUT2D eigenvalue weighted by Crippen LogP contribution is -2.28. The van der Waals surface area contributed by atoms with Gasteiger partial charge in [-0.3, -0.25) is 14.6 Å². The lowest BCUT2D eigenvalue weighted by Gasteiger charge is -2.15. The number of carbonyl (C=O) groups is 2. The van der Waals surface area contributed by atoms with Gasteiger partial charge in [-0.25, -0.2) is 8.42 Å². The van der Waals surface area contributed by atoms with E-state index < -0.39 is 49.5 Å². The summed E-state index contributed by atoms with van der Waals surface area (Å²) in [6, 6.07) is 1.85. The number of hydrogen-bond donors (Lipinski definition) is 0. The molecule has 1 atom stereocenters. The maximum atomic E-state index is 12.9. The van der Waals surface area contributed by atoms with Crippen LogP contribution in [0.3, 0.4) is 0 Å². The van der Waals surface area contributed by atoms with E-state index >= 15 is 0 Å². The van der Waals surface area contributed by atoms with Crippen LogP contribution in [0, 0.1) is 11.8 Å². The van der Waals surface area contributed by atoms with E-state index in [0.717, 1.165) is 12.3 Å². The van der Waals surface area contributed by atoms with Gasteiger partial charge in [0.25, 0.3) is 0 Å². The van der Waals surface area contributed by atoms with Gasteiger partial charge in [-0.1, -0.05) is 0 Å². The van der Waals surface area contributed by atoms with Gasteiger partial charge in [0.1, 0.15) is 5.92 Å². The fraction of sp³-hybridized carbons (Fsp3) is 0.438. The number of halogens is 3. The molecule has 5 nitrogen and oxygen atoms in total. The Labute approximate surface area is 142 Å². The minimum absolute atomic E-state index is 0.289. The molecule has 1 unspecified atom stereocenters. The van der Waals surface area contributed by atoms with E-state index in [0.29, 0.717) is 31.2 Å². The monoisotopic (exact) mass is 375 g/mol. The first-order chi connectivity index (χ1) is 11.5. The van der Waals surface area contributed by atoms with Crippen LogP contribution in [0.4, 0.5) is 13.2 Å². The van der Waals surface area contributed by atoms with Crippen LogP contribution >= 0.6 is 0 Å². The Kier molecular flexibility index (Phi) is 5.17. The molecule has 0 saturated heterocycles. The molecular formula is C16H16F3NO4S. The number of Topliss-reactive ketones (excluding diaryl/α,β-unsaturated/α-hetero) is 2. The van der Waals surface area contributed by atoms with E-state index in [-0.39, 0.29) is 5.92 Å². The van der Waals surface area contributed by atoms with E-state index in [1.165, 1.54) is 7.05 Å². The minimum Gasteiger partial charge on any atom is -0.300 e. The van der Waals surface area contributed by atoms with E-state index in [1.54, 1.807) is 0 Å². The first-order valence-electron chi connectivity index (χ1n) is 7.38. The molecule has 2 rings (SSSR count). The molecule has 0 aliphatic heterocycles. The van der Waals surface area contributed by atoms with Crippen LogP contribution in [0.25, 0.3) is 0 Å². The smallest absolute Gasteiger partial charge is 0.300 e. The number of nitrogens with zero attached hydrogens (tertiary/aromatic N) is 1. The molecule has 0 N–H and O–H groups in total. The Hall–Kier alpha value is -2.03. The summed E-state index contributed by atoms with van der Waals surface area (Å²) in [5.41, 5.74) is -1.62. The van der Waals surface area contributed by atoms with Gasteiger partial charge >= 0.3 is 6.18 Å². The number of ketones is 2. The van der Waals surface area contributed by atoms with Gasteiger partial charge in [-0.05, 0) is 31.0 Å². The Bertz CT molecular complexity index is 839. The maximum absolute atomic E-state index is 12.9. The molecule has 0 bridgehead atoms. The van der Waals surface area contributed by atoms with Gasteiger partial charge in [0.2, 0.25) is 0 Å². The first-order valence-corrected chi connectivity index (χ1v) is 9.27. The predicted molar refractivity (Wildman–Crippen MR) is 84.5 cm³/mol. The van der Waals surface area contributed by atoms with Crippen molar-refractivity contribution in [2.45, 2.75) is 23.9 Å². The number of alkyl halides is 3. The maximum Gasteiger partial charge on any atom is 0.416 e. The highest BCUT2D eigenvalue weighted by atomic mass is 32.2. The molecule has 0 spiro atoms. The second-order valence-electron chi connectivity index (χ2n) is 5.91. The summed E-state index contributed by atoms with van der Waals surface area (Å²) < 4.78 is 62.4.